The molecule has 1 aromatic heterocycles. The molecule has 0 aliphatic carbocycles. The molecule has 1 fully saturated rings. The van der Waals surface area contributed by atoms with Crippen LogP contribution in [0.4, 0.5) is 5.13 Å². The summed E-state index contributed by atoms with van der Waals surface area (Å²) in [5.74, 6) is -0.343. The Morgan fingerprint density at radius 2 is 1.74 bits per heavy atom. The molecule has 0 saturated carbocycles. The quantitative estimate of drug-likeness (QED) is 0.677. The van der Waals surface area contributed by atoms with E-state index >= 15 is 0 Å². The number of carbonyl (C=O) groups is 1. The molecule has 2 heterocycles. The molecule has 140 valence electrons. The molecule has 27 heavy (non-hydrogen) atoms. The number of nitrogens with one attached hydrogen (secondary N) is 1. The molecule has 1 N–H and O–H groups in total. The van der Waals surface area contributed by atoms with E-state index in [1.165, 1.54) is 4.31 Å². The van der Waals surface area contributed by atoms with Crippen LogP contribution in [-0.2, 0) is 10.0 Å². The van der Waals surface area contributed by atoms with E-state index in [2.05, 4.69) is 15.5 Å². The molecule has 0 bridgehead atoms. The van der Waals surface area contributed by atoms with Gasteiger partial charge in [0.25, 0.3) is 15.9 Å². The molecule has 0 atom stereocenters. The fourth-order valence-corrected chi connectivity index (χ4v) is 5.72. The zero-order valence-electron chi connectivity index (χ0n) is 14.5. The summed E-state index contributed by atoms with van der Waals surface area (Å²) in [5, 5.41) is 12.3. The van der Waals surface area contributed by atoms with Gasteiger partial charge in [-0.05, 0) is 29.7 Å². The van der Waals surface area contributed by atoms with Crippen molar-refractivity contribution in [3.8, 4) is 0 Å². The lowest BCUT2D eigenvalue weighted by molar-refractivity contribution is 0.102. The summed E-state index contributed by atoms with van der Waals surface area (Å²) in [6, 6.07) is 13.0. The number of sulfonamides is 1. The van der Waals surface area contributed by atoms with Gasteiger partial charge >= 0.3 is 0 Å². The Bertz CT molecular complexity index is 1080. The predicted octanol–water partition coefficient (Wildman–Crippen LogP) is 3.12. The highest BCUT2D eigenvalue weighted by Gasteiger charge is 2.30. The number of rotatable bonds is 4. The van der Waals surface area contributed by atoms with Crippen molar-refractivity contribution in [1.29, 1.82) is 0 Å². The van der Waals surface area contributed by atoms with E-state index in [0.717, 1.165) is 41.4 Å². The van der Waals surface area contributed by atoms with Crippen molar-refractivity contribution >= 4 is 43.2 Å². The molecule has 9 heteroatoms. The summed E-state index contributed by atoms with van der Waals surface area (Å²) < 4.78 is 26.7. The van der Waals surface area contributed by atoms with Gasteiger partial charge in [0.1, 0.15) is 0 Å². The Morgan fingerprint density at radius 3 is 2.56 bits per heavy atom. The molecule has 3 aromatic rings. The second-order valence-corrected chi connectivity index (χ2v) is 9.41. The van der Waals surface area contributed by atoms with E-state index in [1.807, 2.05) is 36.4 Å². The van der Waals surface area contributed by atoms with Gasteiger partial charge < -0.3 is 0 Å². The van der Waals surface area contributed by atoms with E-state index in [9.17, 15) is 13.2 Å². The maximum Gasteiger partial charge on any atom is 0.272 e. The van der Waals surface area contributed by atoms with Crippen LogP contribution in [0.5, 0.6) is 0 Å². The van der Waals surface area contributed by atoms with Crippen LogP contribution in [0.25, 0.3) is 10.8 Å². The predicted molar refractivity (Wildman–Crippen MR) is 104 cm³/mol. The molecule has 0 spiro atoms. The van der Waals surface area contributed by atoms with E-state index < -0.39 is 10.0 Å². The maximum absolute atomic E-state index is 12.7. The first-order chi connectivity index (χ1) is 13.1. The van der Waals surface area contributed by atoms with Crippen LogP contribution in [0, 0.1) is 0 Å². The SMILES string of the molecule is O=C(Nc1nnc(S(=O)(=O)N2CCCCC2)s1)c1cccc2ccccc12. The minimum absolute atomic E-state index is 0.0855. The number of carbonyl (C=O) groups excluding carboxylic acids is 1. The summed E-state index contributed by atoms with van der Waals surface area (Å²) >= 11 is 0.878. The van der Waals surface area contributed by atoms with Crippen molar-refractivity contribution in [2.75, 3.05) is 18.4 Å². The highest BCUT2D eigenvalue weighted by molar-refractivity contribution is 7.91. The Kier molecular flexibility index (Phi) is 4.90. The van der Waals surface area contributed by atoms with Crippen LogP contribution in [0.15, 0.2) is 46.8 Å². The van der Waals surface area contributed by atoms with Crippen LogP contribution >= 0.6 is 11.3 Å². The third-order valence-electron chi connectivity index (χ3n) is 4.54. The summed E-state index contributed by atoms with van der Waals surface area (Å²) in [5.41, 5.74) is 0.503. The number of piperidine rings is 1. The number of benzene rings is 2. The van der Waals surface area contributed by atoms with Crippen molar-refractivity contribution in [3.63, 3.8) is 0 Å². The fraction of sp³-hybridized carbons (Fsp3) is 0.278. The van der Waals surface area contributed by atoms with E-state index in [4.69, 9.17) is 0 Å². The topological polar surface area (TPSA) is 92.3 Å². The van der Waals surface area contributed by atoms with E-state index in [0.29, 0.717) is 18.7 Å². The summed E-state index contributed by atoms with van der Waals surface area (Å²) in [6.07, 6.45) is 2.74. The Hall–Kier alpha value is -2.36. The highest BCUT2D eigenvalue weighted by atomic mass is 32.2. The monoisotopic (exact) mass is 402 g/mol. The summed E-state index contributed by atoms with van der Waals surface area (Å²) in [4.78, 5) is 12.7. The molecule has 0 radical (unpaired) electrons. The molecule has 2 aromatic carbocycles. The molecule has 7 nitrogen and oxygen atoms in total. The smallest absolute Gasteiger partial charge is 0.272 e. The zero-order chi connectivity index (χ0) is 18.9. The van der Waals surface area contributed by atoms with Crippen molar-refractivity contribution in [2.24, 2.45) is 0 Å². The minimum atomic E-state index is -3.65. The first kappa shape index (κ1) is 18.0. The average Bonchev–Trinajstić information content (AvgIpc) is 3.17. The minimum Gasteiger partial charge on any atom is -0.296 e. The summed E-state index contributed by atoms with van der Waals surface area (Å²) in [7, 11) is -3.65. The van der Waals surface area contributed by atoms with Gasteiger partial charge in [-0.1, -0.05) is 54.2 Å². The number of hydrogen-bond donors (Lipinski definition) is 1. The number of aromatic nitrogens is 2. The lowest BCUT2D eigenvalue weighted by Crippen LogP contribution is -2.35. The lowest BCUT2D eigenvalue weighted by Gasteiger charge is -2.24. The van der Waals surface area contributed by atoms with Gasteiger partial charge in [-0.3, -0.25) is 10.1 Å². The average molecular weight is 403 g/mol. The molecule has 4 rings (SSSR count). The lowest BCUT2D eigenvalue weighted by atomic mass is 10.0. The van der Waals surface area contributed by atoms with Gasteiger partial charge in [-0.2, -0.15) is 4.31 Å². The van der Waals surface area contributed by atoms with Gasteiger partial charge in [-0.15, -0.1) is 10.2 Å². The number of amides is 1. The molecule has 1 aliphatic rings. The van der Waals surface area contributed by atoms with Gasteiger partial charge in [0.05, 0.1) is 0 Å². The number of anilines is 1. The molecular weight excluding hydrogens is 384 g/mol. The van der Waals surface area contributed by atoms with Gasteiger partial charge in [0, 0.05) is 18.7 Å². The first-order valence-electron chi connectivity index (χ1n) is 8.68. The standard InChI is InChI=1S/C18H18N4O3S2/c23-16(15-10-6-8-13-7-2-3-9-14(13)15)19-17-20-21-18(26-17)27(24,25)22-11-4-1-5-12-22/h2-3,6-10H,1,4-5,11-12H2,(H,19,20,23). The fourth-order valence-electron chi connectivity index (χ4n) is 3.17. The van der Waals surface area contributed by atoms with Gasteiger partial charge in [-0.25, -0.2) is 8.42 Å². The van der Waals surface area contributed by atoms with Crippen LogP contribution in [0.1, 0.15) is 29.6 Å². The van der Waals surface area contributed by atoms with Crippen molar-refractivity contribution in [2.45, 2.75) is 23.6 Å². The number of hydrogen-bond acceptors (Lipinski definition) is 6. The second kappa shape index (κ2) is 7.34. The van der Waals surface area contributed by atoms with Crippen LogP contribution in [0.2, 0.25) is 0 Å². The third-order valence-corrected chi connectivity index (χ3v) is 7.62. The third kappa shape index (κ3) is 3.58. The van der Waals surface area contributed by atoms with Crippen LogP contribution in [-0.4, -0.2) is 41.9 Å². The Balaban J connectivity index is 1.56. The van der Waals surface area contributed by atoms with Crippen molar-refractivity contribution in [3.05, 3.63) is 48.0 Å². The normalized spacial score (nSPS) is 15.7. The van der Waals surface area contributed by atoms with Gasteiger partial charge in [0.15, 0.2) is 0 Å². The number of nitrogens with zero attached hydrogens (tertiary/aromatic N) is 3. The summed E-state index contributed by atoms with van der Waals surface area (Å²) in [6.45, 7) is 0.999. The largest absolute Gasteiger partial charge is 0.296 e. The van der Waals surface area contributed by atoms with Crippen molar-refractivity contribution < 1.29 is 13.2 Å². The Labute approximate surface area is 161 Å². The van der Waals surface area contributed by atoms with E-state index in [1.54, 1.807) is 6.07 Å². The van der Waals surface area contributed by atoms with Crippen molar-refractivity contribution in [1.82, 2.24) is 14.5 Å². The molecule has 1 aliphatic heterocycles. The number of fused-ring (bicyclic) bond motifs is 1. The first-order valence-corrected chi connectivity index (χ1v) is 10.9. The van der Waals surface area contributed by atoms with Crippen LogP contribution < -0.4 is 5.32 Å². The molecule has 0 unspecified atom stereocenters. The van der Waals surface area contributed by atoms with E-state index in [-0.39, 0.29) is 15.4 Å². The molecule has 1 saturated heterocycles. The zero-order valence-corrected chi connectivity index (χ0v) is 16.1. The Morgan fingerprint density at radius 1 is 1.00 bits per heavy atom. The second-order valence-electron chi connectivity index (χ2n) is 6.32. The highest BCUT2D eigenvalue weighted by Crippen LogP contribution is 2.26. The molecule has 1 amide bonds. The maximum atomic E-state index is 12.7. The molecular formula is C18H18N4O3S2. The van der Waals surface area contributed by atoms with Crippen LogP contribution in [0.3, 0.4) is 0 Å². The van der Waals surface area contributed by atoms with Gasteiger partial charge in [0.2, 0.25) is 9.47 Å².